The van der Waals surface area contributed by atoms with Gasteiger partial charge in [-0.25, -0.2) is 0 Å². The van der Waals surface area contributed by atoms with Gasteiger partial charge in [-0.3, -0.25) is 0 Å². The Morgan fingerprint density at radius 1 is 1.25 bits per heavy atom. The fourth-order valence-corrected chi connectivity index (χ4v) is 3.59. The van der Waals surface area contributed by atoms with E-state index in [1.165, 1.54) is 43.3 Å². The van der Waals surface area contributed by atoms with Gasteiger partial charge >= 0.3 is 0 Å². The van der Waals surface area contributed by atoms with E-state index in [0.29, 0.717) is 0 Å². The minimum atomic E-state index is 0.741. The number of benzene rings is 1. The summed E-state index contributed by atoms with van der Waals surface area (Å²) in [5.41, 5.74) is 4.74. The van der Waals surface area contributed by atoms with Crippen molar-refractivity contribution < 1.29 is 5.32 Å². The van der Waals surface area contributed by atoms with Gasteiger partial charge in [0.05, 0.1) is 18.8 Å². The van der Waals surface area contributed by atoms with Crippen LogP contribution in [0, 0.1) is 0 Å². The first-order valence-electron chi connectivity index (χ1n) is 6.38. The molecule has 0 fully saturated rings. The molecule has 0 radical (unpaired) electrons. The van der Waals surface area contributed by atoms with Crippen LogP contribution in [-0.2, 0) is 13.0 Å². The lowest BCUT2D eigenvalue weighted by molar-refractivity contribution is -0.704. The molecule has 1 aromatic carbocycles. The molecule has 16 heavy (non-hydrogen) atoms. The normalized spacial score (nSPS) is 23.4. The lowest BCUT2D eigenvalue weighted by atomic mass is 9.91. The second-order valence-electron chi connectivity index (χ2n) is 5.06. The third-order valence-electron chi connectivity index (χ3n) is 4.22. The standard InChI is InChI=1S/C14H16N2/c1-2-7-13-10(4-1)11-5-3-6-12-14(11)16(13)9-8-15-12/h1-2,4,7,12,15H,3,5-6,8-9H2/p+1. The van der Waals surface area contributed by atoms with E-state index in [4.69, 9.17) is 0 Å². The summed E-state index contributed by atoms with van der Waals surface area (Å²) in [5.74, 6) is 0. The highest BCUT2D eigenvalue weighted by Crippen LogP contribution is 2.36. The molecule has 1 unspecified atom stereocenters. The predicted octanol–water partition coefficient (Wildman–Crippen LogP) is 1.60. The highest BCUT2D eigenvalue weighted by Gasteiger charge is 2.32. The average molecular weight is 213 g/mol. The molecule has 1 aliphatic carbocycles. The highest BCUT2D eigenvalue weighted by molar-refractivity contribution is 5.86. The van der Waals surface area contributed by atoms with Crippen LogP contribution in [0.15, 0.2) is 24.3 Å². The Balaban J connectivity index is 2.13. The van der Waals surface area contributed by atoms with Crippen molar-refractivity contribution >= 4 is 10.9 Å². The van der Waals surface area contributed by atoms with Crippen molar-refractivity contribution in [2.45, 2.75) is 31.8 Å². The number of aromatic nitrogens is 1. The molecule has 1 atom stereocenters. The minimum Gasteiger partial charge on any atom is -0.337 e. The number of rotatable bonds is 0. The zero-order chi connectivity index (χ0) is 10.5. The Hall–Kier alpha value is -1.28. The molecule has 2 aliphatic rings. The summed E-state index contributed by atoms with van der Waals surface area (Å²) < 4.78 is 2.58. The smallest absolute Gasteiger partial charge is 0.127 e. The van der Waals surface area contributed by atoms with Gasteiger partial charge in [0.1, 0.15) is 6.04 Å². The fourth-order valence-electron chi connectivity index (χ4n) is 3.59. The van der Waals surface area contributed by atoms with Gasteiger partial charge in [-0.1, -0.05) is 18.2 Å². The van der Waals surface area contributed by atoms with Gasteiger partial charge in [-0.15, -0.1) is 0 Å². The molecule has 0 saturated carbocycles. The maximum Gasteiger partial charge on any atom is 0.127 e. The zero-order valence-corrected chi connectivity index (χ0v) is 9.45. The second kappa shape index (κ2) is 3.11. The Morgan fingerprint density at radius 3 is 3.19 bits per heavy atom. The molecular weight excluding hydrogens is 196 g/mol. The van der Waals surface area contributed by atoms with E-state index < -0.39 is 0 Å². The maximum absolute atomic E-state index is 2.58. The van der Waals surface area contributed by atoms with Gasteiger partial charge in [0.2, 0.25) is 0 Å². The molecule has 82 valence electrons. The molecular formula is C14H17N2+. The van der Waals surface area contributed by atoms with Crippen molar-refractivity contribution in [3.05, 3.63) is 35.5 Å². The number of nitrogens with zero attached hydrogens (tertiary/aromatic N) is 1. The predicted molar refractivity (Wildman–Crippen MR) is 64.4 cm³/mol. The Kier molecular flexibility index (Phi) is 1.71. The Morgan fingerprint density at radius 2 is 2.19 bits per heavy atom. The summed E-state index contributed by atoms with van der Waals surface area (Å²) in [6.07, 6.45) is 4.01. The number of aryl methyl sites for hydroxylation is 1. The molecule has 4 rings (SSSR count). The Bertz CT molecular complexity index is 506. The van der Waals surface area contributed by atoms with Crippen molar-refractivity contribution in [1.82, 2.24) is 4.57 Å². The average Bonchev–Trinajstić information content (AvgIpc) is 2.68. The number of hydrogen-bond acceptors (Lipinski definition) is 0. The van der Waals surface area contributed by atoms with Gasteiger partial charge in [-0.05, 0) is 24.5 Å². The van der Waals surface area contributed by atoms with Crippen molar-refractivity contribution in [3.8, 4) is 0 Å². The van der Waals surface area contributed by atoms with E-state index in [9.17, 15) is 0 Å². The molecule has 1 aliphatic heterocycles. The van der Waals surface area contributed by atoms with Crippen LogP contribution in [0.25, 0.3) is 10.9 Å². The van der Waals surface area contributed by atoms with Crippen LogP contribution >= 0.6 is 0 Å². The summed E-state index contributed by atoms with van der Waals surface area (Å²) in [6.45, 7) is 2.43. The SMILES string of the molecule is c1ccc2c(c1)c1c3n2CC[NH2+]C3CCC1. The Labute approximate surface area is 95.3 Å². The van der Waals surface area contributed by atoms with E-state index in [0.717, 1.165) is 6.04 Å². The number of hydrogen-bond donors (Lipinski definition) is 1. The molecule has 0 spiro atoms. The van der Waals surface area contributed by atoms with Crippen molar-refractivity contribution in [2.75, 3.05) is 6.54 Å². The highest BCUT2D eigenvalue weighted by atomic mass is 15.1. The monoisotopic (exact) mass is 213 g/mol. The topological polar surface area (TPSA) is 21.5 Å². The molecule has 2 aromatic rings. The van der Waals surface area contributed by atoms with Gasteiger partial charge in [0.25, 0.3) is 0 Å². The molecule has 2 nitrogen and oxygen atoms in total. The quantitative estimate of drug-likeness (QED) is 0.686. The lowest BCUT2D eigenvalue weighted by Crippen LogP contribution is -2.88. The lowest BCUT2D eigenvalue weighted by Gasteiger charge is -2.27. The van der Waals surface area contributed by atoms with Gasteiger partial charge in [0.15, 0.2) is 0 Å². The van der Waals surface area contributed by atoms with Crippen LogP contribution in [0.5, 0.6) is 0 Å². The number of nitrogens with two attached hydrogens (primary N) is 1. The molecule has 0 bridgehead atoms. The summed E-state index contributed by atoms with van der Waals surface area (Å²) in [6, 6.07) is 9.68. The van der Waals surface area contributed by atoms with Gasteiger partial charge < -0.3 is 9.88 Å². The molecule has 0 saturated heterocycles. The van der Waals surface area contributed by atoms with Crippen LogP contribution in [-0.4, -0.2) is 11.1 Å². The number of para-hydroxylation sites is 1. The summed E-state index contributed by atoms with van der Waals surface area (Å²) in [7, 11) is 0. The molecule has 2 heterocycles. The van der Waals surface area contributed by atoms with Crippen molar-refractivity contribution in [1.29, 1.82) is 0 Å². The van der Waals surface area contributed by atoms with Crippen LogP contribution in [0.4, 0.5) is 0 Å². The van der Waals surface area contributed by atoms with Gasteiger partial charge in [-0.2, -0.15) is 0 Å². The van der Waals surface area contributed by atoms with Crippen LogP contribution in [0.2, 0.25) is 0 Å². The van der Waals surface area contributed by atoms with Crippen LogP contribution in [0.3, 0.4) is 0 Å². The van der Waals surface area contributed by atoms with Gasteiger partial charge in [0, 0.05) is 17.3 Å². The summed E-state index contributed by atoms with van der Waals surface area (Å²) in [5, 5.41) is 4.05. The first kappa shape index (κ1) is 8.82. The zero-order valence-electron chi connectivity index (χ0n) is 9.45. The third kappa shape index (κ3) is 1.00. The van der Waals surface area contributed by atoms with E-state index in [2.05, 4.69) is 34.1 Å². The summed E-state index contributed by atoms with van der Waals surface area (Å²) >= 11 is 0. The van der Waals surface area contributed by atoms with E-state index in [-0.39, 0.29) is 0 Å². The van der Waals surface area contributed by atoms with Crippen molar-refractivity contribution in [3.63, 3.8) is 0 Å². The molecule has 2 heteroatoms. The minimum absolute atomic E-state index is 0.741. The second-order valence-corrected chi connectivity index (χ2v) is 5.06. The molecule has 2 N–H and O–H groups in total. The van der Waals surface area contributed by atoms with Crippen molar-refractivity contribution in [2.24, 2.45) is 0 Å². The van der Waals surface area contributed by atoms with Crippen LogP contribution < -0.4 is 5.32 Å². The van der Waals surface area contributed by atoms with Crippen LogP contribution in [0.1, 0.15) is 30.1 Å². The summed E-state index contributed by atoms with van der Waals surface area (Å²) in [4.78, 5) is 0. The number of quaternary nitrogens is 1. The molecule has 0 amide bonds. The fraction of sp³-hybridized carbons (Fsp3) is 0.429. The maximum atomic E-state index is 2.58. The van der Waals surface area contributed by atoms with E-state index in [1.807, 2.05) is 0 Å². The largest absolute Gasteiger partial charge is 0.337 e. The number of fused-ring (bicyclic) bond motifs is 3. The first-order chi connectivity index (χ1) is 7.95. The molecule has 1 aromatic heterocycles. The first-order valence-corrected chi connectivity index (χ1v) is 6.38. The third-order valence-corrected chi connectivity index (χ3v) is 4.22. The van der Waals surface area contributed by atoms with E-state index >= 15 is 0 Å². The van der Waals surface area contributed by atoms with E-state index in [1.54, 1.807) is 11.3 Å².